The molecule has 0 aliphatic carbocycles. The number of benzene rings is 1. The van der Waals surface area contributed by atoms with Crippen LogP contribution in [0.3, 0.4) is 0 Å². The molecule has 1 N–H and O–H groups in total. The summed E-state index contributed by atoms with van der Waals surface area (Å²) in [6, 6.07) is 9.30. The Morgan fingerprint density at radius 3 is 2.44 bits per heavy atom. The molecule has 0 radical (unpaired) electrons. The molecule has 1 nitrogen and oxygen atoms in total. The zero-order valence-corrected chi connectivity index (χ0v) is 11.1. The van der Waals surface area contributed by atoms with Crippen molar-refractivity contribution in [3.63, 3.8) is 0 Å². The lowest BCUT2D eigenvalue weighted by atomic mass is 9.88. The first kappa shape index (κ1) is 13.2. The molecule has 0 saturated carbocycles. The molecule has 0 bridgehead atoms. The van der Waals surface area contributed by atoms with Crippen molar-refractivity contribution in [3.8, 4) is 0 Å². The summed E-state index contributed by atoms with van der Waals surface area (Å²) < 4.78 is 0. The van der Waals surface area contributed by atoms with Gasteiger partial charge in [0.2, 0.25) is 0 Å². The predicted octanol–water partition coefficient (Wildman–Crippen LogP) is 3.95. The third kappa shape index (κ3) is 3.08. The zero-order chi connectivity index (χ0) is 12.0. The molecule has 0 heterocycles. The Balaban J connectivity index is 2.93. The molecule has 0 aliphatic rings. The Morgan fingerprint density at radius 2 is 1.88 bits per heavy atom. The highest BCUT2D eigenvalue weighted by atomic mass is 14.9. The summed E-state index contributed by atoms with van der Waals surface area (Å²) >= 11 is 0. The Labute approximate surface area is 100 Å². The van der Waals surface area contributed by atoms with E-state index in [1.807, 2.05) is 0 Å². The topological polar surface area (TPSA) is 12.0 Å². The second-order valence-electron chi connectivity index (χ2n) is 4.58. The molecular weight excluding hydrogens is 194 g/mol. The van der Waals surface area contributed by atoms with Crippen LogP contribution in [0.25, 0.3) is 0 Å². The summed E-state index contributed by atoms with van der Waals surface area (Å²) in [5.74, 6) is 0.697. The fraction of sp³-hybridized carbons (Fsp3) is 0.600. The summed E-state index contributed by atoms with van der Waals surface area (Å²) in [6.45, 7) is 6.84. The first-order valence-electron chi connectivity index (χ1n) is 6.49. The van der Waals surface area contributed by atoms with Crippen molar-refractivity contribution in [3.05, 3.63) is 35.4 Å². The van der Waals surface area contributed by atoms with Gasteiger partial charge in [-0.15, -0.1) is 0 Å². The maximum absolute atomic E-state index is 3.48. The van der Waals surface area contributed by atoms with E-state index in [-0.39, 0.29) is 0 Å². The van der Waals surface area contributed by atoms with Crippen LogP contribution in [0.1, 0.15) is 50.8 Å². The third-order valence-electron chi connectivity index (χ3n) is 3.40. The number of hydrogen-bond acceptors (Lipinski definition) is 1. The summed E-state index contributed by atoms with van der Waals surface area (Å²) in [4.78, 5) is 0. The molecule has 1 rings (SSSR count). The first-order valence-corrected chi connectivity index (χ1v) is 6.49. The van der Waals surface area contributed by atoms with Gasteiger partial charge in [0.15, 0.2) is 0 Å². The molecule has 0 fully saturated rings. The molecule has 0 saturated heterocycles. The van der Waals surface area contributed by atoms with Crippen molar-refractivity contribution in [2.75, 3.05) is 7.05 Å². The normalized spacial score (nSPS) is 14.8. The standard InChI is InChI=1S/C15H25N/c1-5-9-12(3)15(16-4)14-11-8-7-10-13(14)6-2/h7-8,10-12,15-16H,5-6,9H2,1-4H3. The molecule has 0 amide bonds. The second-order valence-corrected chi connectivity index (χ2v) is 4.58. The molecule has 2 unspecified atom stereocenters. The van der Waals surface area contributed by atoms with Gasteiger partial charge in [0.05, 0.1) is 0 Å². The van der Waals surface area contributed by atoms with Crippen molar-refractivity contribution < 1.29 is 0 Å². The monoisotopic (exact) mass is 219 g/mol. The fourth-order valence-corrected chi connectivity index (χ4v) is 2.53. The van der Waals surface area contributed by atoms with E-state index in [1.165, 1.54) is 24.0 Å². The van der Waals surface area contributed by atoms with Crippen LogP contribution < -0.4 is 5.32 Å². The maximum Gasteiger partial charge on any atom is 0.0346 e. The van der Waals surface area contributed by atoms with Crippen molar-refractivity contribution in [1.29, 1.82) is 0 Å². The highest BCUT2D eigenvalue weighted by molar-refractivity contribution is 5.30. The molecule has 0 spiro atoms. The summed E-state index contributed by atoms with van der Waals surface area (Å²) in [5, 5.41) is 3.48. The van der Waals surface area contributed by atoms with Crippen LogP contribution >= 0.6 is 0 Å². The summed E-state index contributed by atoms with van der Waals surface area (Å²) in [5.41, 5.74) is 2.96. The average molecular weight is 219 g/mol. The first-order chi connectivity index (χ1) is 7.74. The van der Waals surface area contributed by atoms with Crippen LogP contribution in [0.5, 0.6) is 0 Å². The van der Waals surface area contributed by atoms with Crippen LogP contribution in [0.2, 0.25) is 0 Å². The van der Waals surface area contributed by atoms with Crippen molar-refractivity contribution in [2.45, 2.75) is 46.1 Å². The van der Waals surface area contributed by atoms with E-state index in [1.54, 1.807) is 0 Å². The minimum Gasteiger partial charge on any atom is -0.313 e. The molecule has 16 heavy (non-hydrogen) atoms. The predicted molar refractivity (Wildman–Crippen MR) is 71.7 cm³/mol. The van der Waals surface area contributed by atoms with E-state index in [2.05, 4.69) is 57.4 Å². The minimum absolute atomic E-state index is 0.496. The molecule has 1 aromatic rings. The van der Waals surface area contributed by atoms with Crippen molar-refractivity contribution in [2.24, 2.45) is 5.92 Å². The zero-order valence-electron chi connectivity index (χ0n) is 11.1. The molecule has 0 aromatic heterocycles. The van der Waals surface area contributed by atoms with E-state index in [0.29, 0.717) is 12.0 Å². The molecular formula is C15H25N. The third-order valence-corrected chi connectivity index (χ3v) is 3.40. The lowest BCUT2D eigenvalue weighted by molar-refractivity contribution is 0.382. The Bertz CT molecular complexity index is 306. The second kappa shape index (κ2) is 6.70. The maximum atomic E-state index is 3.48. The van der Waals surface area contributed by atoms with E-state index < -0.39 is 0 Å². The lowest BCUT2D eigenvalue weighted by Gasteiger charge is -2.25. The van der Waals surface area contributed by atoms with Crippen molar-refractivity contribution in [1.82, 2.24) is 5.32 Å². The molecule has 1 aromatic carbocycles. The number of rotatable bonds is 6. The average Bonchev–Trinajstić information content (AvgIpc) is 2.31. The van der Waals surface area contributed by atoms with E-state index in [9.17, 15) is 0 Å². The van der Waals surface area contributed by atoms with Gasteiger partial charge in [-0.05, 0) is 36.9 Å². The largest absolute Gasteiger partial charge is 0.313 e. The highest BCUT2D eigenvalue weighted by Crippen LogP contribution is 2.27. The lowest BCUT2D eigenvalue weighted by Crippen LogP contribution is -2.24. The van der Waals surface area contributed by atoms with Crippen LogP contribution in [-0.4, -0.2) is 7.05 Å². The van der Waals surface area contributed by atoms with Gasteiger partial charge in [0, 0.05) is 6.04 Å². The fourth-order valence-electron chi connectivity index (χ4n) is 2.53. The number of hydrogen-bond donors (Lipinski definition) is 1. The van der Waals surface area contributed by atoms with E-state index in [0.717, 1.165) is 6.42 Å². The van der Waals surface area contributed by atoms with Gasteiger partial charge in [0.1, 0.15) is 0 Å². The minimum atomic E-state index is 0.496. The van der Waals surface area contributed by atoms with Crippen LogP contribution in [0.4, 0.5) is 0 Å². The van der Waals surface area contributed by atoms with Gasteiger partial charge in [-0.2, -0.15) is 0 Å². The number of nitrogens with one attached hydrogen (secondary N) is 1. The summed E-state index contributed by atoms with van der Waals surface area (Å²) in [7, 11) is 2.07. The van der Waals surface area contributed by atoms with Crippen LogP contribution in [0.15, 0.2) is 24.3 Å². The van der Waals surface area contributed by atoms with E-state index >= 15 is 0 Å². The molecule has 0 aliphatic heterocycles. The Hall–Kier alpha value is -0.820. The quantitative estimate of drug-likeness (QED) is 0.764. The molecule has 2 atom stereocenters. The highest BCUT2D eigenvalue weighted by Gasteiger charge is 2.18. The summed E-state index contributed by atoms with van der Waals surface area (Å²) in [6.07, 6.45) is 3.66. The van der Waals surface area contributed by atoms with E-state index in [4.69, 9.17) is 0 Å². The number of aryl methyl sites for hydroxylation is 1. The van der Waals surface area contributed by atoms with Gasteiger partial charge < -0.3 is 5.32 Å². The van der Waals surface area contributed by atoms with Gasteiger partial charge >= 0.3 is 0 Å². The molecule has 90 valence electrons. The van der Waals surface area contributed by atoms with Gasteiger partial charge in [-0.3, -0.25) is 0 Å². The van der Waals surface area contributed by atoms with Crippen molar-refractivity contribution >= 4 is 0 Å². The van der Waals surface area contributed by atoms with Gasteiger partial charge in [-0.1, -0.05) is 51.5 Å². The Morgan fingerprint density at radius 1 is 1.19 bits per heavy atom. The van der Waals surface area contributed by atoms with Gasteiger partial charge in [0.25, 0.3) is 0 Å². The smallest absolute Gasteiger partial charge is 0.0346 e. The molecule has 1 heteroatoms. The SMILES string of the molecule is CCCC(C)C(NC)c1ccccc1CC. The van der Waals surface area contributed by atoms with Crippen LogP contribution in [-0.2, 0) is 6.42 Å². The Kier molecular flexibility index (Phi) is 5.54. The van der Waals surface area contributed by atoms with Crippen LogP contribution in [0, 0.1) is 5.92 Å². The van der Waals surface area contributed by atoms with Gasteiger partial charge in [-0.25, -0.2) is 0 Å².